The van der Waals surface area contributed by atoms with Crippen LogP contribution in [0.3, 0.4) is 0 Å². The number of hydroxylamine groups is 1. The van der Waals surface area contributed by atoms with Gasteiger partial charge in [0.05, 0.1) is 23.1 Å². The van der Waals surface area contributed by atoms with Gasteiger partial charge in [0.1, 0.15) is 6.61 Å². The number of nitrogens with zero attached hydrogens (tertiary/aromatic N) is 2. The van der Waals surface area contributed by atoms with Crippen molar-refractivity contribution in [2.24, 2.45) is 0 Å². The molecule has 1 aromatic heterocycles. The SMILES string of the molecule is CON(C)S(=O)(=O)c1cccc(C(=O)OCc2cccc3cccnc23)c1. The number of rotatable bonds is 6. The minimum Gasteiger partial charge on any atom is -0.457 e. The summed E-state index contributed by atoms with van der Waals surface area (Å²) in [6.07, 6.45) is 1.67. The molecule has 140 valence electrons. The number of esters is 1. The van der Waals surface area contributed by atoms with E-state index in [1.807, 2.05) is 30.3 Å². The van der Waals surface area contributed by atoms with E-state index >= 15 is 0 Å². The third-order valence-electron chi connectivity index (χ3n) is 4.04. The summed E-state index contributed by atoms with van der Waals surface area (Å²) in [7, 11) is -1.33. The van der Waals surface area contributed by atoms with Gasteiger partial charge in [-0.05, 0) is 24.3 Å². The van der Waals surface area contributed by atoms with Crippen molar-refractivity contribution in [1.82, 2.24) is 9.45 Å². The smallest absolute Gasteiger partial charge is 0.338 e. The van der Waals surface area contributed by atoms with Crippen LogP contribution in [0.2, 0.25) is 0 Å². The monoisotopic (exact) mass is 386 g/mol. The van der Waals surface area contributed by atoms with Gasteiger partial charge in [0.15, 0.2) is 0 Å². The number of benzene rings is 2. The van der Waals surface area contributed by atoms with Gasteiger partial charge >= 0.3 is 5.97 Å². The van der Waals surface area contributed by atoms with E-state index in [-0.39, 0.29) is 17.1 Å². The molecule has 0 aliphatic carbocycles. The summed E-state index contributed by atoms with van der Waals surface area (Å²) < 4.78 is 30.7. The fourth-order valence-corrected chi connectivity index (χ4v) is 3.56. The fraction of sp³-hybridized carbons (Fsp3) is 0.158. The second-order valence-corrected chi connectivity index (χ2v) is 7.63. The summed E-state index contributed by atoms with van der Waals surface area (Å²) in [6, 6.07) is 15.0. The number of pyridine rings is 1. The number of hydrogen-bond donors (Lipinski definition) is 0. The minimum absolute atomic E-state index is 0.0299. The lowest BCUT2D eigenvalue weighted by Crippen LogP contribution is -2.25. The molecule has 27 heavy (non-hydrogen) atoms. The highest BCUT2D eigenvalue weighted by Gasteiger charge is 2.22. The van der Waals surface area contributed by atoms with Gasteiger partial charge in [-0.15, -0.1) is 0 Å². The van der Waals surface area contributed by atoms with Crippen molar-refractivity contribution < 1.29 is 22.8 Å². The van der Waals surface area contributed by atoms with Gasteiger partial charge < -0.3 is 4.74 Å². The van der Waals surface area contributed by atoms with Gasteiger partial charge in [-0.3, -0.25) is 9.82 Å². The summed E-state index contributed by atoms with van der Waals surface area (Å²) in [6.45, 7) is 0.0299. The molecule has 2 aromatic carbocycles. The number of para-hydroxylation sites is 1. The first-order chi connectivity index (χ1) is 12.9. The molecule has 0 unspecified atom stereocenters. The van der Waals surface area contributed by atoms with Crippen LogP contribution in [0.4, 0.5) is 0 Å². The molecule has 0 aliphatic heterocycles. The zero-order chi connectivity index (χ0) is 19.4. The predicted octanol–water partition coefficient (Wildman–Crippen LogP) is 2.77. The van der Waals surface area contributed by atoms with E-state index in [9.17, 15) is 13.2 Å². The average molecular weight is 386 g/mol. The molecule has 1 heterocycles. The Hall–Kier alpha value is -2.81. The topological polar surface area (TPSA) is 85.8 Å². The fourth-order valence-electron chi connectivity index (χ4n) is 2.54. The van der Waals surface area contributed by atoms with Crippen molar-refractivity contribution in [3.8, 4) is 0 Å². The number of aromatic nitrogens is 1. The second-order valence-electron chi connectivity index (χ2n) is 5.69. The van der Waals surface area contributed by atoms with Crippen LogP contribution in [0.1, 0.15) is 15.9 Å². The van der Waals surface area contributed by atoms with Gasteiger partial charge in [-0.1, -0.05) is 34.8 Å². The van der Waals surface area contributed by atoms with E-state index in [0.29, 0.717) is 0 Å². The number of fused-ring (bicyclic) bond motifs is 1. The molecule has 0 atom stereocenters. The van der Waals surface area contributed by atoms with Crippen molar-refractivity contribution in [3.63, 3.8) is 0 Å². The highest BCUT2D eigenvalue weighted by Crippen LogP contribution is 2.19. The molecule has 0 amide bonds. The number of hydrogen-bond acceptors (Lipinski definition) is 6. The molecule has 0 bridgehead atoms. The lowest BCUT2D eigenvalue weighted by molar-refractivity contribution is -0.0258. The van der Waals surface area contributed by atoms with Crippen LogP contribution >= 0.6 is 0 Å². The van der Waals surface area contributed by atoms with Crippen LogP contribution < -0.4 is 0 Å². The van der Waals surface area contributed by atoms with Crippen molar-refractivity contribution in [1.29, 1.82) is 0 Å². The maximum Gasteiger partial charge on any atom is 0.338 e. The number of sulfonamides is 1. The van der Waals surface area contributed by atoms with E-state index in [1.54, 1.807) is 6.20 Å². The Morgan fingerprint density at radius 2 is 1.85 bits per heavy atom. The zero-order valence-electron chi connectivity index (χ0n) is 14.8. The van der Waals surface area contributed by atoms with Gasteiger partial charge in [0.25, 0.3) is 10.0 Å². The minimum atomic E-state index is -3.85. The van der Waals surface area contributed by atoms with Crippen LogP contribution in [-0.2, 0) is 26.2 Å². The van der Waals surface area contributed by atoms with Gasteiger partial charge in [-0.25, -0.2) is 13.2 Å². The standard InChI is InChI=1S/C19H18N2O5S/c1-21(25-2)27(23,24)17-10-4-7-15(12-17)19(22)26-13-16-8-3-6-14-9-5-11-20-18(14)16/h3-12H,13H2,1-2H3. The normalized spacial score (nSPS) is 11.7. The van der Waals surface area contributed by atoms with Crippen molar-refractivity contribution in [3.05, 3.63) is 71.9 Å². The lowest BCUT2D eigenvalue weighted by atomic mass is 10.1. The van der Waals surface area contributed by atoms with Crippen LogP contribution in [-0.4, -0.2) is 38.0 Å². The Morgan fingerprint density at radius 3 is 2.63 bits per heavy atom. The number of ether oxygens (including phenoxy) is 1. The van der Waals surface area contributed by atoms with Crippen molar-refractivity contribution >= 4 is 26.9 Å². The van der Waals surface area contributed by atoms with Gasteiger partial charge in [0.2, 0.25) is 0 Å². The maximum absolute atomic E-state index is 12.4. The summed E-state index contributed by atoms with van der Waals surface area (Å²) >= 11 is 0. The van der Waals surface area contributed by atoms with E-state index in [2.05, 4.69) is 4.98 Å². The summed E-state index contributed by atoms with van der Waals surface area (Å²) in [4.78, 5) is 21.4. The van der Waals surface area contributed by atoms with Gasteiger partial charge in [-0.2, -0.15) is 0 Å². The molecule has 8 heteroatoms. The zero-order valence-corrected chi connectivity index (χ0v) is 15.6. The third-order valence-corrected chi connectivity index (χ3v) is 5.71. The largest absolute Gasteiger partial charge is 0.457 e. The van der Waals surface area contributed by atoms with Gasteiger partial charge in [0, 0.05) is 24.2 Å². The highest BCUT2D eigenvalue weighted by atomic mass is 32.2. The van der Waals surface area contributed by atoms with Crippen LogP contribution in [0, 0.1) is 0 Å². The van der Waals surface area contributed by atoms with Crippen LogP contribution in [0.15, 0.2) is 65.7 Å². The van der Waals surface area contributed by atoms with Crippen LogP contribution in [0.25, 0.3) is 10.9 Å². The van der Waals surface area contributed by atoms with E-state index < -0.39 is 16.0 Å². The maximum atomic E-state index is 12.4. The summed E-state index contributed by atoms with van der Waals surface area (Å²) in [5.41, 5.74) is 1.66. The second kappa shape index (κ2) is 7.83. The van der Waals surface area contributed by atoms with E-state index in [1.165, 1.54) is 38.4 Å². The molecular weight excluding hydrogens is 368 g/mol. The molecule has 3 aromatic rings. The van der Waals surface area contributed by atoms with E-state index in [4.69, 9.17) is 9.57 Å². The molecule has 0 spiro atoms. The molecule has 0 aliphatic rings. The highest BCUT2D eigenvalue weighted by molar-refractivity contribution is 7.89. The first-order valence-electron chi connectivity index (χ1n) is 8.06. The molecule has 7 nitrogen and oxygen atoms in total. The quantitative estimate of drug-likeness (QED) is 0.478. The number of carbonyl (C=O) groups is 1. The van der Waals surface area contributed by atoms with Crippen LogP contribution in [0.5, 0.6) is 0 Å². The first kappa shape index (κ1) is 19.0. The van der Waals surface area contributed by atoms with Crippen molar-refractivity contribution in [2.45, 2.75) is 11.5 Å². The summed E-state index contributed by atoms with van der Waals surface area (Å²) in [5.74, 6) is -0.625. The number of carbonyl (C=O) groups excluding carboxylic acids is 1. The van der Waals surface area contributed by atoms with E-state index in [0.717, 1.165) is 20.9 Å². The summed E-state index contributed by atoms with van der Waals surface area (Å²) in [5, 5.41) is 0.946. The Bertz CT molecular complexity index is 1080. The van der Waals surface area contributed by atoms with Crippen molar-refractivity contribution in [2.75, 3.05) is 14.2 Å². The first-order valence-corrected chi connectivity index (χ1v) is 9.50. The predicted molar refractivity (Wildman–Crippen MR) is 99.3 cm³/mol. The molecule has 3 rings (SSSR count). The Labute approximate surface area is 157 Å². The Kier molecular flexibility index (Phi) is 5.50. The third kappa shape index (κ3) is 3.97. The molecule has 0 fully saturated rings. The molecule has 0 saturated heterocycles. The molecule has 0 N–H and O–H groups in total. The molecule has 0 saturated carbocycles. The molecular formula is C19H18N2O5S. The lowest BCUT2D eigenvalue weighted by Gasteiger charge is -2.14. The Balaban J connectivity index is 1.80. The molecule has 0 radical (unpaired) electrons. The average Bonchev–Trinajstić information content (AvgIpc) is 2.71. The Morgan fingerprint density at radius 1 is 1.11 bits per heavy atom.